The van der Waals surface area contributed by atoms with Gasteiger partial charge in [0.05, 0.1) is 6.54 Å². The molecule has 1 saturated heterocycles. The molecule has 0 bridgehead atoms. The highest BCUT2D eigenvalue weighted by atomic mass is 19.4. The molecule has 128 valence electrons. The normalized spacial score (nSPS) is 17.0. The van der Waals surface area contributed by atoms with E-state index in [1.165, 1.54) is 18.2 Å². The monoisotopic (exact) mass is 331 g/mol. The number of piperazine rings is 1. The first-order chi connectivity index (χ1) is 10.9. The number of amides is 1. The van der Waals surface area contributed by atoms with Gasteiger partial charge in [0.2, 0.25) is 5.91 Å². The minimum atomic E-state index is -4.75. The van der Waals surface area contributed by atoms with Crippen molar-refractivity contribution in [2.24, 2.45) is 0 Å². The molecule has 0 spiro atoms. The van der Waals surface area contributed by atoms with Crippen LogP contribution in [0.15, 0.2) is 24.3 Å². The van der Waals surface area contributed by atoms with E-state index < -0.39 is 6.36 Å². The molecule has 23 heavy (non-hydrogen) atoms. The molecule has 5 nitrogen and oxygen atoms in total. The van der Waals surface area contributed by atoms with Crippen LogP contribution >= 0.6 is 0 Å². The maximum Gasteiger partial charge on any atom is 0.573 e. The fourth-order valence-electron chi connectivity index (χ4n) is 2.44. The summed E-state index contributed by atoms with van der Waals surface area (Å²) in [5.74, 6) is -0.606. The predicted molar refractivity (Wildman–Crippen MR) is 80.3 cm³/mol. The Labute approximate surface area is 133 Å². The first-order valence-electron chi connectivity index (χ1n) is 7.46. The molecule has 0 aromatic heterocycles. The van der Waals surface area contributed by atoms with E-state index in [1.807, 2.05) is 4.90 Å². The Bertz CT molecular complexity index is 529. The number of nitrogens with one attached hydrogen (secondary N) is 1. The van der Waals surface area contributed by atoms with Crippen molar-refractivity contribution in [1.82, 2.24) is 9.80 Å². The summed E-state index contributed by atoms with van der Waals surface area (Å²) in [7, 11) is 0. The van der Waals surface area contributed by atoms with Gasteiger partial charge in [-0.1, -0.05) is 13.0 Å². The van der Waals surface area contributed by atoms with Gasteiger partial charge in [0, 0.05) is 37.9 Å². The molecule has 1 aliphatic heterocycles. The van der Waals surface area contributed by atoms with E-state index in [0.717, 1.165) is 38.8 Å². The van der Waals surface area contributed by atoms with Crippen LogP contribution in [0.1, 0.15) is 6.92 Å². The van der Waals surface area contributed by atoms with E-state index in [1.54, 1.807) is 0 Å². The van der Waals surface area contributed by atoms with Gasteiger partial charge in [0.15, 0.2) is 0 Å². The summed E-state index contributed by atoms with van der Waals surface area (Å²) in [4.78, 5) is 16.3. The second kappa shape index (κ2) is 7.65. The molecule has 0 saturated carbocycles. The number of hydrogen-bond acceptors (Lipinski definition) is 4. The SMILES string of the molecule is CCN1CCN(CC(=O)Nc2cccc(OC(F)(F)F)c2)CC1. The maximum atomic E-state index is 12.2. The fourth-order valence-corrected chi connectivity index (χ4v) is 2.44. The molecule has 1 aliphatic rings. The number of ether oxygens (including phenoxy) is 1. The van der Waals surface area contributed by atoms with E-state index in [0.29, 0.717) is 0 Å². The average molecular weight is 331 g/mol. The van der Waals surface area contributed by atoms with Crippen LogP contribution in [0, 0.1) is 0 Å². The third kappa shape index (κ3) is 6.07. The van der Waals surface area contributed by atoms with Crippen LogP contribution in [0.4, 0.5) is 18.9 Å². The van der Waals surface area contributed by atoms with Crippen LogP contribution in [-0.2, 0) is 4.79 Å². The predicted octanol–water partition coefficient (Wildman–Crippen LogP) is 2.16. The number of carbonyl (C=O) groups excluding carboxylic acids is 1. The van der Waals surface area contributed by atoms with E-state index in [-0.39, 0.29) is 23.9 Å². The van der Waals surface area contributed by atoms with Gasteiger partial charge in [0.25, 0.3) is 0 Å². The minimum absolute atomic E-state index is 0.224. The number of nitrogens with zero attached hydrogens (tertiary/aromatic N) is 2. The highest BCUT2D eigenvalue weighted by molar-refractivity contribution is 5.92. The van der Waals surface area contributed by atoms with Crippen molar-refractivity contribution in [3.05, 3.63) is 24.3 Å². The number of likely N-dealkylation sites (N-methyl/N-ethyl adjacent to an activating group) is 1. The van der Waals surface area contributed by atoms with E-state index in [2.05, 4.69) is 21.9 Å². The molecule has 1 aromatic rings. The fraction of sp³-hybridized carbons (Fsp3) is 0.533. The number of carbonyl (C=O) groups is 1. The van der Waals surface area contributed by atoms with Crippen LogP contribution in [0.25, 0.3) is 0 Å². The van der Waals surface area contributed by atoms with Crippen molar-refractivity contribution < 1.29 is 22.7 Å². The number of rotatable bonds is 5. The molecule has 1 amide bonds. The molecule has 1 aromatic carbocycles. The van der Waals surface area contributed by atoms with Crippen LogP contribution in [0.5, 0.6) is 5.75 Å². The molecule has 2 rings (SSSR count). The summed E-state index contributed by atoms with van der Waals surface area (Å²) in [6.45, 7) is 6.75. The molecule has 0 aliphatic carbocycles. The molecule has 1 N–H and O–H groups in total. The number of hydrogen-bond donors (Lipinski definition) is 1. The van der Waals surface area contributed by atoms with E-state index in [9.17, 15) is 18.0 Å². The zero-order valence-corrected chi connectivity index (χ0v) is 12.9. The van der Waals surface area contributed by atoms with Gasteiger partial charge in [0.1, 0.15) is 5.75 Å². The maximum absolute atomic E-state index is 12.2. The summed E-state index contributed by atoms with van der Waals surface area (Å²) in [5, 5.41) is 2.60. The highest BCUT2D eigenvalue weighted by Gasteiger charge is 2.31. The first kappa shape index (κ1) is 17.6. The Hall–Kier alpha value is -1.80. The van der Waals surface area contributed by atoms with Crippen molar-refractivity contribution >= 4 is 11.6 Å². The molecular formula is C15H20F3N3O2. The van der Waals surface area contributed by atoms with E-state index >= 15 is 0 Å². The van der Waals surface area contributed by atoms with Gasteiger partial charge in [-0.15, -0.1) is 13.2 Å². The summed E-state index contributed by atoms with van der Waals surface area (Å²) in [6.07, 6.45) is -4.75. The first-order valence-corrected chi connectivity index (χ1v) is 7.46. The second-order valence-corrected chi connectivity index (χ2v) is 5.33. The Kier molecular flexibility index (Phi) is 5.84. The smallest absolute Gasteiger partial charge is 0.406 e. The molecule has 1 heterocycles. The van der Waals surface area contributed by atoms with Gasteiger partial charge < -0.3 is 15.0 Å². The quantitative estimate of drug-likeness (QED) is 0.898. The van der Waals surface area contributed by atoms with Gasteiger partial charge in [-0.2, -0.15) is 0 Å². The Balaban J connectivity index is 1.84. The van der Waals surface area contributed by atoms with Gasteiger partial charge >= 0.3 is 6.36 Å². The lowest BCUT2D eigenvalue weighted by molar-refractivity contribution is -0.274. The molecule has 0 radical (unpaired) electrons. The lowest BCUT2D eigenvalue weighted by atomic mass is 10.3. The molecule has 0 unspecified atom stereocenters. The summed E-state index contributed by atoms with van der Waals surface area (Å²) in [6, 6.07) is 5.26. The van der Waals surface area contributed by atoms with Crippen LogP contribution < -0.4 is 10.1 Å². The summed E-state index contributed by atoms with van der Waals surface area (Å²) >= 11 is 0. The number of halogens is 3. The minimum Gasteiger partial charge on any atom is -0.406 e. The van der Waals surface area contributed by atoms with Gasteiger partial charge in [-0.05, 0) is 18.7 Å². The van der Waals surface area contributed by atoms with Crippen LogP contribution in [0.2, 0.25) is 0 Å². The third-order valence-corrected chi connectivity index (χ3v) is 3.63. The third-order valence-electron chi connectivity index (χ3n) is 3.63. The summed E-state index contributed by atoms with van der Waals surface area (Å²) in [5.41, 5.74) is 0.281. The van der Waals surface area contributed by atoms with Crippen LogP contribution in [0.3, 0.4) is 0 Å². The Morgan fingerprint density at radius 2 is 1.87 bits per heavy atom. The van der Waals surface area contributed by atoms with Crippen molar-refractivity contribution in [2.45, 2.75) is 13.3 Å². The molecular weight excluding hydrogens is 311 g/mol. The summed E-state index contributed by atoms with van der Waals surface area (Å²) < 4.78 is 40.4. The molecule has 0 atom stereocenters. The van der Waals surface area contributed by atoms with Gasteiger partial charge in [-0.3, -0.25) is 9.69 Å². The molecule has 1 fully saturated rings. The van der Waals surface area contributed by atoms with Crippen molar-refractivity contribution in [2.75, 3.05) is 44.6 Å². The Morgan fingerprint density at radius 1 is 1.22 bits per heavy atom. The number of anilines is 1. The van der Waals surface area contributed by atoms with Gasteiger partial charge in [-0.25, -0.2) is 0 Å². The zero-order chi connectivity index (χ0) is 16.9. The largest absolute Gasteiger partial charge is 0.573 e. The Morgan fingerprint density at radius 3 is 2.48 bits per heavy atom. The topological polar surface area (TPSA) is 44.8 Å². The lowest BCUT2D eigenvalue weighted by Crippen LogP contribution is -2.48. The van der Waals surface area contributed by atoms with Crippen molar-refractivity contribution in [3.8, 4) is 5.75 Å². The van der Waals surface area contributed by atoms with Crippen molar-refractivity contribution in [3.63, 3.8) is 0 Å². The number of alkyl halides is 3. The van der Waals surface area contributed by atoms with Crippen molar-refractivity contribution in [1.29, 1.82) is 0 Å². The van der Waals surface area contributed by atoms with E-state index in [4.69, 9.17) is 0 Å². The molecule has 8 heteroatoms. The standard InChI is InChI=1S/C15H20F3N3O2/c1-2-20-6-8-21(9-7-20)11-14(22)19-12-4-3-5-13(10-12)23-15(16,17)18/h3-5,10H,2,6-9,11H2,1H3,(H,19,22). The zero-order valence-electron chi connectivity index (χ0n) is 12.9. The number of benzene rings is 1. The van der Waals surface area contributed by atoms with Crippen LogP contribution in [-0.4, -0.2) is 61.3 Å². The second-order valence-electron chi connectivity index (χ2n) is 5.33. The lowest BCUT2D eigenvalue weighted by Gasteiger charge is -2.33. The average Bonchev–Trinajstić information content (AvgIpc) is 2.46. The highest BCUT2D eigenvalue weighted by Crippen LogP contribution is 2.25.